The largest absolute Gasteiger partial charge is 0.325 e. The summed E-state index contributed by atoms with van der Waals surface area (Å²) >= 11 is 7.25. The van der Waals surface area contributed by atoms with Gasteiger partial charge in [0.2, 0.25) is 5.91 Å². The molecule has 0 aliphatic rings. The third-order valence-corrected chi connectivity index (χ3v) is 5.28. The summed E-state index contributed by atoms with van der Waals surface area (Å²) in [5.74, 6) is 0.0546. The lowest BCUT2D eigenvalue weighted by molar-refractivity contribution is -0.113. The molecule has 3 aromatic rings. The average molecular weight is 419 g/mol. The lowest BCUT2D eigenvalue weighted by Gasteiger charge is -2.14. The zero-order valence-corrected chi connectivity index (χ0v) is 17.3. The van der Waals surface area contributed by atoms with Crippen LogP contribution in [0.5, 0.6) is 0 Å². The summed E-state index contributed by atoms with van der Waals surface area (Å²) in [5, 5.41) is 12.3. The molecule has 0 saturated carbocycles. The molecule has 0 unspecified atom stereocenters. The number of carbonyl (C=O) groups is 1. The highest BCUT2D eigenvalue weighted by Gasteiger charge is 2.20. The van der Waals surface area contributed by atoms with Gasteiger partial charge in [-0.25, -0.2) is 4.39 Å². The van der Waals surface area contributed by atoms with Crippen molar-refractivity contribution in [1.29, 1.82) is 0 Å². The Morgan fingerprint density at radius 3 is 2.71 bits per heavy atom. The van der Waals surface area contributed by atoms with Gasteiger partial charge in [-0.2, -0.15) is 0 Å². The molecule has 8 heteroatoms. The maximum atomic E-state index is 14.2. The summed E-state index contributed by atoms with van der Waals surface area (Å²) in [6.45, 7) is 5.83. The van der Waals surface area contributed by atoms with Crippen molar-refractivity contribution in [2.24, 2.45) is 0 Å². The van der Waals surface area contributed by atoms with Crippen LogP contribution in [0.1, 0.15) is 25.5 Å². The van der Waals surface area contributed by atoms with Gasteiger partial charge in [-0.1, -0.05) is 41.6 Å². The van der Waals surface area contributed by atoms with Gasteiger partial charge in [0.05, 0.1) is 11.3 Å². The smallest absolute Gasteiger partial charge is 0.234 e. The molecule has 0 spiro atoms. The van der Waals surface area contributed by atoms with Crippen LogP contribution in [0.25, 0.3) is 11.4 Å². The molecule has 28 heavy (non-hydrogen) atoms. The van der Waals surface area contributed by atoms with Gasteiger partial charge in [0, 0.05) is 16.8 Å². The lowest BCUT2D eigenvalue weighted by atomic mass is 10.2. The summed E-state index contributed by atoms with van der Waals surface area (Å²) in [6, 6.07) is 11.8. The van der Waals surface area contributed by atoms with Crippen LogP contribution in [-0.2, 0) is 4.79 Å². The molecule has 0 radical (unpaired) electrons. The van der Waals surface area contributed by atoms with E-state index in [0.29, 0.717) is 27.3 Å². The van der Waals surface area contributed by atoms with Crippen LogP contribution in [0.4, 0.5) is 10.1 Å². The van der Waals surface area contributed by atoms with E-state index in [1.807, 2.05) is 31.4 Å². The van der Waals surface area contributed by atoms with Crippen LogP contribution in [0.3, 0.4) is 0 Å². The van der Waals surface area contributed by atoms with Crippen molar-refractivity contribution in [2.45, 2.75) is 32.0 Å². The second-order valence-corrected chi connectivity index (χ2v) is 7.92. The van der Waals surface area contributed by atoms with E-state index in [2.05, 4.69) is 15.5 Å². The zero-order valence-electron chi connectivity index (χ0n) is 15.7. The highest BCUT2D eigenvalue weighted by Crippen LogP contribution is 2.29. The SMILES string of the molecule is Cc1ccc(Cl)cc1NC(=O)CSc1nnc(-c2ccccc2F)n1C(C)C. The van der Waals surface area contributed by atoms with Crippen molar-refractivity contribution in [3.63, 3.8) is 0 Å². The van der Waals surface area contributed by atoms with E-state index in [4.69, 9.17) is 11.6 Å². The normalized spacial score (nSPS) is 11.1. The van der Waals surface area contributed by atoms with Crippen LogP contribution >= 0.6 is 23.4 Å². The molecule has 0 saturated heterocycles. The summed E-state index contributed by atoms with van der Waals surface area (Å²) < 4.78 is 16.0. The quantitative estimate of drug-likeness (QED) is 0.547. The Balaban J connectivity index is 1.77. The highest BCUT2D eigenvalue weighted by molar-refractivity contribution is 7.99. The van der Waals surface area contributed by atoms with Crippen LogP contribution < -0.4 is 5.32 Å². The Morgan fingerprint density at radius 1 is 1.25 bits per heavy atom. The molecule has 0 bridgehead atoms. The molecular weight excluding hydrogens is 399 g/mol. The Morgan fingerprint density at radius 2 is 2.00 bits per heavy atom. The fourth-order valence-corrected chi connectivity index (χ4v) is 3.75. The monoisotopic (exact) mass is 418 g/mol. The number of amides is 1. The van der Waals surface area contributed by atoms with E-state index in [1.165, 1.54) is 17.8 Å². The second-order valence-electron chi connectivity index (χ2n) is 6.55. The summed E-state index contributed by atoms with van der Waals surface area (Å²) in [5.41, 5.74) is 1.99. The van der Waals surface area contributed by atoms with Crippen molar-refractivity contribution in [3.8, 4) is 11.4 Å². The Labute approximate surface area is 172 Å². The number of hydrogen-bond acceptors (Lipinski definition) is 4. The van der Waals surface area contributed by atoms with Crippen LogP contribution in [0.15, 0.2) is 47.6 Å². The van der Waals surface area contributed by atoms with E-state index < -0.39 is 0 Å². The zero-order chi connectivity index (χ0) is 20.3. The molecular formula is C20H20ClFN4OS. The molecule has 1 N–H and O–H groups in total. The number of nitrogens with zero attached hydrogens (tertiary/aromatic N) is 3. The summed E-state index contributed by atoms with van der Waals surface area (Å²) in [6.07, 6.45) is 0. The van der Waals surface area contributed by atoms with E-state index >= 15 is 0 Å². The molecule has 0 aliphatic heterocycles. The van der Waals surface area contributed by atoms with E-state index in [0.717, 1.165) is 5.56 Å². The van der Waals surface area contributed by atoms with Crippen molar-refractivity contribution in [2.75, 3.05) is 11.1 Å². The molecule has 146 valence electrons. The van der Waals surface area contributed by atoms with Crippen LogP contribution in [0, 0.1) is 12.7 Å². The number of rotatable bonds is 6. The number of nitrogens with one attached hydrogen (secondary N) is 1. The maximum Gasteiger partial charge on any atom is 0.234 e. The molecule has 2 aromatic carbocycles. The van der Waals surface area contributed by atoms with Gasteiger partial charge in [-0.05, 0) is 50.6 Å². The van der Waals surface area contributed by atoms with Gasteiger partial charge in [-0.15, -0.1) is 10.2 Å². The predicted octanol–water partition coefficient (Wildman–Crippen LogP) is 5.36. The number of benzene rings is 2. The average Bonchev–Trinajstić information content (AvgIpc) is 3.07. The summed E-state index contributed by atoms with van der Waals surface area (Å²) in [7, 11) is 0. The molecule has 1 aromatic heterocycles. The van der Waals surface area contributed by atoms with Gasteiger partial charge < -0.3 is 5.32 Å². The molecule has 5 nitrogen and oxygen atoms in total. The number of anilines is 1. The lowest BCUT2D eigenvalue weighted by Crippen LogP contribution is -2.15. The minimum Gasteiger partial charge on any atom is -0.325 e. The van der Waals surface area contributed by atoms with E-state index in [1.54, 1.807) is 30.3 Å². The summed E-state index contributed by atoms with van der Waals surface area (Å²) in [4.78, 5) is 12.4. The number of aromatic nitrogens is 3. The van der Waals surface area contributed by atoms with Crippen molar-refractivity contribution in [1.82, 2.24) is 14.8 Å². The third kappa shape index (κ3) is 4.54. The number of hydrogen-bond donors (Lipinski definition) is 1. The standard InChI is InChI=1S/C20H20ClFN4OS/c1-12(2)26-19(15-6-4-5-7-16(15)22)24-25-20(26)28-11-18(27)23-17-10-14(21)9-8-13(17)3/h4-10,12H,11H2,1-3H3,(H,23,27). The highest BCUT2D eigenvalue weighted by atomic mass is 35.5. The first-order valence-electron chi connectivity index (χ1n) is 8.75. The minimum atomic E-state index is -0.359. The fraction of sp³-hybridized carbons (Fsp3) is 0.250. The second kappa shape index (κ2) is 8.75. The Hall–Kier alpha value is -2.38. The number of thioether (sulfide) groups is 1. The first-order chi connectivity index (χ1) is 13.4. The van der Waals surface area contributed by atoms with Crippen LogP contribution in [0.2, 0.25) is 5.02 Å². The van der Waals surface area contributed by atoms with Gasteiger partial charge in [0.25, 0.3) is 0 Å². The molecule has 0 atom stereocenters. The fourth-order valence-electron chi connectivity index (χ4n) is 2.71. The molecule has 0 aliphatic carbocycles. The molecule has 0 fully saturated rings. The number of carbonyl (C=O) groups excluding carboxylic acids is 1. The van der Waals surface area contributed by atoms with Gasteiger partial charge in [0.15, 0.2) is 11.0 Å². The molecule has 1 heterocycles. The van der Waals surface area contributed by atoms with Gasteiger partial charge in [-0.3, -0.25) is 9.36 Å². The van der Waals surface area contributed by atoms with Crippen molar-refractivity contribution >= 4 is 35.0 Å². The van der Waals surface area contributed by atoms with Gasteiger partial charge in [0.1, 0.15) is 5.82 Å². The Bertz CT molecular complexity index is 1010. The number of aryl methyl sites for hydroxylation is 1. The van der Waals surface area contributed by atoms with Crippen molar-refractivity contribution < 1.29 is 9.18 Å². The predicted molar refractivity (Wildman–Crippen MR) is 111 cm³/mol. The Kier molecular flexibility index (Phi) is 6.36. The minimum absolute atomic E-state index is 0.00495. The first kappa shape index (κ1) is 20.4. The number of halogens is 2. The molecule has 1 amide bonds. The van der Waals surface area contributed by atoms with E-state index in [-0.39, 0.29) is 23.5 Å². The van der Waals surface area contributed by atoms with E-state index in [9.17, 15) is 9.18 Å². The van der Waals surface area contributed by atoms with Crippen LogP contribution in [-0.4, -0.2) is 26.4 Å². The first-order valence-corrected chi connectivity index (χ1v) is 10.1. The van der Waals surface area contributed by atoms with Crippen molar-refractivity contribution in [3.05, 3.63) is 58.9 Å². The maximum absolute atomic E-state index is 14.2. The van der Waals surface area contributed by atoms with Gasteiger partial charge >= 0.3 is 0 Å². The molecule has 3 rings (SSSR count). The third-order valence-electron chi connectivity index (χ3n) is 4.10. The topological polar surface area (TPSA) is 59.8 Å².